The summed E-state index contributed by atoms with van der Waals surface area (Å²) in [5.74, 6) is 1.66. The maximum absolute atomic E-state index is 5.86. The van der Waals surface area contributed by atoms with Crippen LogP contribution in [0.2, 0.25) is 0 Å². The molecule has 0 spiro atoms. The first-order valence-electron chi connectivity index (χ1n) is 10.7. The highest BCUT2D eigenvalue weighted by atomic mass is 16.5. The Kier molecular flexibility index (Phi) is 5.52. The van der Waals surface area contributed by atoms with Gasteiger partial charge in [-0.05, 0) is 62.3 Å². The van der Waals surface area contributed by atoms with Crippen LogP contribution >= 0.6 is 0 Å². The molecule has 0 fully saturated rings. The van der Waals surface area contributed by atoms with E-state index in [0.29, 0.717) is 6.61 Å². The molecule has 160 valence electrons. The van der Waals surface area contributed by atoms with Gasteiger partial charge in [0, 0.05) is 47.2 Å². The number of ether oxygens (including phenoxy) is 1. The van der Waals surface area contributed by atoms with Crippen molar-refractivity contribution in [3.8, 4) is 28.3 Å². The fourth-order valence-electron chi connectivity index (χ4n) is 3.86. The van der Waals surface area contributed by atoms with Gasteiger partial charge in [-0.2, -0.15) is 0 Å². The summed E-state index contributed by atoms with van der Waals surface area (Å²) in [5, 5.41) is 11.1. The topological polar surface area (TPSA) is 55.5 Å². The van der Waals surface area contributed by atoms with Crippen molar-refractivity contribution < 1.29 is 4.74 Å². The quantitative estimate of drug-likeness (QED) is 0.347. The molecule has 32 heavy (non-hydrogen) atoms. The van der Waals surface area contributed by atoms with Crippen molar-refractivity contribution >= 4 is 16.4 Å². The average molecular weight is 424 g/mol. The van der Waals surface area contributed by atoms with Gasteiger partial charge in [-0.15, -0.1) is 10.2 Å². The van der Waals surface area contributed by atoms with E-state index in [2.05, 4.69) is 64.6 Å². The molecule has 0 unspecified atom stereocenters. The molecule has 0 aliphatic heterocycles. The molecule has 0 saturated carbocycles. The van der Waals surface area contributed by atoms with Crippen LogP contribution in [0.5, 0.6) is 5.75 Å². The van der Waals surface area contributed by atoms with E-state index in [-0.39, 0.29) is 0 Å². The highest BCUT2D eigenvalue weighted by molar-refractivity contribution is 5.95. The fraction of sp³-hybridized carbons (Fsp3) is 0.192. The molecular formula is C26H25N5O. The summed E-state index contributed by atoms with van der Waals surface area (Å²) in [4.78, 5) is 6.59. The Morgan fingerprint density at radius 1 is 0.875 bits per heavy atom. The Hall–Kier alpha value is -3.77. The molecule has 6 heteroatoms. The van der Waals surface area contributed by atoms with Gasteiger partial charge in [0.1, 0.15) is 5.75 Å². The Labute approximate surface area is 187 Å². The standard InChI is InChI=1S/C26H25N5O/c1-30(2)14-5-15-32-22-11-8-19(9-12-22)26-29-28-25-13-10-21(18-31(25)26)24-17-27-16-20-6-3-4-7-23(20)24/h3-4,6-13,16-18H,5,14-15H2,1-2H3. The van der Waals surface area contributed by atoms with Crippen LogP contribution in [-0.2, 0) is 0 Å². The molecule has 2 aromatic carbocycles. The van der Waals surface area contributed by atoms with Crippen molar-refractivity contribution in [1.29, 1.82) is 0 Å². The van der Waals surface area contributed by atoms with Gasteiger partial charge < -0.3 is 9.64 Å². The molecule has 0 radical (unpaired) electrons. The minimum Gasteiger partial charge on any atom is -0.494 e. The van der Waals surface area contributed by atoms with E-state index >= 15 is 0 Å². The first-order valence-corrected chi connectivity index (χ1v) is 10.7. The minimum atomic E-state index is 0.702. The average Bonchev–Trinajstić information content (AvgIpc) is 3.25. The molecule has 3 heterocycles. The monoisotopic (exact) mass is 423 g/mol. The van der Waals surface area contributed by atoms with Crippen LogP contribution in [0.1, 0.15) is 6.42 Å². The first kappa shape index (κ1) is 20.2. The Balaban J connectivity index is 1.44. The van der Waals surface area contributed by atoms with Gasteiger partial charge in [0.15, 0.2) is 11.5 Å². The van der Waals surface area contributed by atoms with Crippen LogP contribution in [-0.4, -0.2) is 51.7 Å². The summed E-state index contributed by atoms with van der Waals surface area (Å²) in [5.41, 5.74) is 3.96. The largest absolute Gasteiger partial charge is 0.494 e. The Morgan fingerprint density at radius 2 is 1.69 bits per heavy atom. The molecule has 0 amide bonds. The molecule has 0 bridgehead atoms. The summed E-state index contributed by atoms with van der Waals surface area (Å²) in [6, 6.07) is 20.4. The summed E-state index contributed by atoms with van der Waals surface area (Å²) in [6.45, 7) is 1.71. The fourth-order valence-corrected chi connectivity index (χ4v) is 3.86. The lowest BCUT2D eigenvalue weighted by Crippen LogP contribution is -2.15. The number of hydrogen-bond acceptors (Lipinski definition) is 5. The SMILES string of the molecule is CN(C)CCCOc1ccc(-c2nnc3ccc(-c4cncc5ccccc45)cn23)cc1. The smallest absolute Gasteiger partial charge is 0.168 e. The molecular weight excluding hydrogens is 398 g/mol. The second-order valence-electron chi connectivity index (χ2n) is 8.11. The second-order valence-corrected chi connectivity index (χ2v) is 8.11. The second kappa shape index (κ2) is 8.77. The number of nitrogens with zero attached hydrogens (tertiary/aromatic N) is 5. The van der Waals surface area contributed by atoms with E-state index in [0.717, 1.165) is 52.3 Å². The molecule has 6 nitrogen and oxygen atoms in total. The van der Waals surface area contributed by atoms with E-state index < -0.39 is 0 Å². The molecule has 3 aromatic heterocycles. The molecule has 0 aliphatic rings. The third kappa shape index (κ3) is 4.05. The zero-order valence-corrected chi connectivity index (χ0v) is 18.3. The molecule has 0 aliphatic carbocycles. The van der Waals surface area contributed by atoms with E-state index in [9.17, 15) is 0 Å². The summed E-state index contributed by atoms with van der Waals surface area (Å²) < 4.78 is 7.89. The Bertz CT molecular complexity index is 1350. The zero-order chi connectivity index (χ0) is 21.9. The maximum atomic E-state index is 5.86. The lowest BCUT2D eigenvalue weighted by atomic mass is 10.0. The number of aromatic nitrogens is 4. The zero-order valence-electron chi connectivity index (χ0n) is 18.3. The summed E-state index contributed by atoms with van der Waals surface area (Å²) in [7, 11) is 4.14. The predicted octanol–water partition coefficient (Wildman–Crippen LogP) is 4.94. The normalized spacial score (nSPS) is 11.5. The lowest BCUT2D eigenvalue weighted by Gasteiger charge is -2.10. The molecule has 0 atom stereocenters. The number of rotatable bonds is 7. The summed E-state index contributed by atoms with van der Waals surface area (Å²) >= 11 is 0. The van der Waals surface area contributed by atoms with E-state index in [1.54, 1.807) is 0 Å². The highest BCUT2D eigenvalue weighted by Gasteiger charge is 2.11. The molecule has 5 rings (SSSR count). The number of fused-ring (bicyclic) bond motifs is 2. The van der Waals surface area contributed by atoms with Crippen molar-refractivity contribution in [2.45, 2.75) is 6.42 Å². The van der Waals surface area contributed by atoms with Crippen LogP contribution in [0.3, 0.4) is 0 Å². The first-order chi connectivity index (χ1) is 15.7. The van der Waals surface area contributed by atoms with E-state index in [4.69, 9.17) is 4.74 Å². The number of pyridine rings is 2. The maximum Gasteiger partial charge on any atom is 0.168 e. The van der Waals surface area contributed by atoms with Gasteiger partial charge in [-0.25, -0.2) is 0 Å². The predicted molar refractivity (Wildman–Crippen MR) is 128 cm³/mol. The van der Waals surface area contributed by atoms with Gasteiger partial charge in [-0.1, -0.05) is 24.3 Å². The van der Waals surface area contributed by atoms with Crippen LogP contribution in [0.15, 0.2) is 79.3 Å². The molecule has 0 N–H and O–H groups in total. The lowest BCUT2D eigenvalue weighted by molar-refractivity contribution is 0.281. The van der Waals surface area contributed by atoms with Crippen LogP contribution in [0.25, 0.3) is 38.9 Å². The van der Waals surface area contributed by atoms with Crippen LogP contribution in [0.4, 0.5) is 0 Å². The van der Waals surface area contributed by atoms with E-state index in [1.807, 2.05) is 53.2 Å². The third-order valence-electron chi connectivity index (χ3n) is 5.51. The van der Waals surface area contributed by atoms with Gasteiger partial charge in [0.2, 0.25) is 0 Å². The van der Waals surface area contributed by atoms with Gasteiger partial charge in [0.05, 0.1) is 6.61 Å². The van der Waals surface area contributed by atoms with Crippen molar-refractivity contribution in [2.75, 3.05) is 27.2 Å². The molecule has 5 aromatic rings. The van der Waals surface area contributed by atoms with Crippen LogP contribution in [0, 0.1) is 0 Å². The highest BCUT2D eigenvalue weighted by Crippen LogP contribution is 2.29. The van der Waals surface area contributed by atoms with Gasteiger partial charge in [-0.3, -0.25) is 9.38 Å². The number of hydrogen-bond donors (Lipinski definition) is 0. The van der Waals surface area contributed by atoms with E-state index in [1.165, 1.54) is 5.39 Å². The van der Waals surface area contributed by atoms with Crippen molar-refractivity contribution in [3.05, 3.63) is 79.3 Å². The minimum absolute atomic E-state index is 0.702. The Morgan fingerprint density at radius 3 is 2.53 bits per heavy atom. The van der Waals surface area contributed by atoms with Crippen molar-refractivity contribution in [2.24, 2.45) is 0 Å². The van der Waals surface area contributed by atoms with Crippen molar-refractivity contribution in [1.82, 2.24) is 24.5 Å². The van der Waals surface area contributed by atoms with Crippen molar-refractivity contribution in [3.63, 3.8) is 0 Å². The third-order valence-corrected chi connectivity index (χ3v) is 5.51. The molecule has 0 saturated heterocycles. The van der Waals surface area contributed by atoms with Gasteiger partial charge in [0.25, 0.3) is 0 Å². The summed E-state index contributed by atoms with van der Waals surface area (Å²) in [6.07, 6.45) is 6.89. The van der Waals surface area contributed by atoms with Gasteiger partial charge >= 0.3 is 0 Å². The number of benzene rings is 2. The van der Waals surface area contributed by atoms with Crippen LogP contribution < -0.4 is 4.74 Å².